The summed E-state index contributed by atoms with van der Waals surface area (Å²) in [5.41, 5.74) is 0. The quantitative estimate of drug-likeness (QED) is 0.781. The van der Waals surface area contributed by atoms with E-state index in [0.29, 0.717) is 6.54 Å². The molecular formula is C13H18N2O6S2. The number of carbonyl (C=O) groups excluding carboxylic acids is 1. The van der Waals surface area contributed by atoms with E-state index in [-0.39, 0.29) is 17.4 Å². The summed E-state index contributed by atoms with van der Waals surface area (Å²) >= 11 is 1.14. The fourth-order valence-corrected chi connectivity index (χ4v) is 4.90. The molecule has 3 rings (SSSR count). The molecule has 4 atom stereocenters. The summed E-state index contributed by atoms with van der Waals surface area (Å²) in [6.07, 6.45) is -2.01. The third-order valence-corrected chi connectivity index (χ3v) is 6.54. The Balaban J connectivity index is 1.62. The number of fused-ring (bicyclic) bond motifs is 1. The fraction of sp³-hybridized carbons (Fsp3) is 0.615. The SMILES string of the molecule is CCNC(=O)O[C@H]1CO[C@@H]2[C@@H]1OC[C@@H]2NS(=O)(=O)c1cccs1. The lowest BCUT2D eigenvalue weighted by Gasteiger charge is -2.17. The van der Waals surface area contributed by atoms with Crippen LogP contribution in [0.2, 0.25) is 0 Å². The second kappa shape index (κ2) is 6.73. The summed E-state index contributed by atoms with van der Waals surface area (Å²) in [6.45, 7) is 2.61. The molecule has 2 aliphatic heterocycles. The number of thiophene rings is 1. The highest BCUT2D eigenvalue weighted by molar-refractivity contribution is 7.91. The van der Waals surface area contributed by atoms with E-state index in [2.05, 4.69) is 10.0 Å². The van der Waals surface area contributed by atoms with Crippen molar-refractivity contribution in [2.45, 2.75) is 35.5 Å². The van der Waals surface area contributed by atoms with Crippen LogP contribution in [0.3, 0.4) is 0 Å². The molecular weight excluding hydrogens is 344 g/mol. The van der Waals surface area contributed by atoms with Gasteiger partial charge >= 0.3 is 6.09 Å². The van der Waals surface area contributed by atoms with Crippen LogP contribution in [0.5, 0.6) is 0 Å². The van der Waals surface area contributed by atoms with Crippen LogP contribution in [0.25, 0.3) is 0 Å². The third kappa shape index (κ3) is 3.50. The van der Waals surface area contributed by atoms with E-state index < -0.39 is 40.5 Å². The molecule has 0 bridgehead atoms. The van der Waals surface area contributed by atoms with E-state index in [0.717, 1.165) is 11.3 Å². The fourth-order valence-electron chi connectivity index (χ4n) is 2.66. The lowest BCUT2D eigenvalue weighted by molar-refractivity contribution is 0.00428. The molecule has 128 valence electrons. The molecule has 2 aliphatic rings. The molecule has 1 aromatic rings. The number of carbonyl (C=O) groups is 1. The van der Waals surface area contributed by atoms with Crippen LogP contribution in [0.15, 0.2) is 21.7 Å². The van der Waals surface area contributed by atoms with Gasteiger partial charge in [0.25, 0.3) is 0 Å². The highest BCUT2D eigenvalue weighted by atomic mass is 32.2. The van der Waals surface area contributed by atoms with Crippen molar-refractivity contribution in [1.29, 1.82) is 0 Å². The minimum absolute atomic E-state index is 0.176. The minimum Gasteiger partial charge on any atom is -0.441 e. The predicted molar refractivity (Wildman–Crippen MR) is 81.9 cm³/mol. The molecule has 8 nitrogen and oxygen atoms in total. The molecule has 1 aromatic heterocycles. The van der Waals surface area contributed by atoms with Gasteiger partial charge in [-0.3, -0.25) is 0 Å². The highest BCUT2D eigenvalue weighted by Crippen LogP contribution is 2.30. The third-order valence-electron chi connectivity index (χ3n) is 3.65. The van der Waals surface area contributed by atoms with Crippen molar-refractivity contribution in [1.82, 2.24) is 10.0 Å². The molecule has 0 aliphatic carbocycles. The Morgan fingerprint density at radius 1 is 1.39 bits per heavy atom. The second-order valence-corrected chi connectivity index (χ2v) is 8.12. The normalized spacial score (nSPS) is 30.1. The van der Waals surface area contributed by atoms with Gasteiger partial charge in [0.1, 0.15) is 16.4 Å². The van der Waals surface area contributed by atoms with Crippen LogP contribution in [0.1, 0.15) is 6.92 Å². The van der Waals surface area contributed by atoms with Crippen LogP contribution < -0.4 is 10.0 Å². The van der Waals surface area contributed by atoms with E-state index >= 15 is 0 Å². The Hall–Kier alpha value is -1.20. The van der Waals surface area contributed by atoms with Gasteiger partial charge in [-0.2, -0.15) is 0 Å². The largest absolute Gasteiger partial charge is 0.441 e. The first-order valence-electron chi connectivity index (χ1n) is 7.25. The Morgan fingerprint density at radius 2 is 2.17 bits per heavy atom. The maximum absolute atomic E-state index is 12.3. The molecule has 1 amide bonds. The van der Waals surface area contributed by atoms with Gasteiger partial charge < -0.3 is 19.5 Å². The zero-order chi connectivity index (χ0) is 16.4. The van der Waals surface area contributed by atoms with Crippen molar-refractivity contribution in [2.24, 2.45) is 0 Å². The number of amides is 1. The maximum Gasteiger partial charge on any atom is 0.407 e. The average molecular weight is 362 g/mol. The first-order chi connectivity index (χ1) is 11.0. The van der Waals surface area contributed by atoms with Crippen LogP contribution >= 0.6 is 11.3 Å². The first kappa shape index (κ1) is 16.7. The summed E-state index contributed by atoms with van der Waals surface area (Å²) in [4.78, 5) is 11.5. The van der Waals surface area contributed by atoms with Gasteiger partial charge in [0.05, 0.1) is 19.3 Å². The molecule has 23 heavy (non-hydrogen) atoms. The van der Waals surface area contributed by atoms with Crippen LogP contribution in [-0.4, -0.2) is 58.6 Å². The van der Waals surface area contributed by atoms with Crippen LogP contribution in [0, 0.1) is 0 Å². The molecule has 2 fully saturated rings. The number of rotatable bonds is 5. The van der Waals surface area contributed by atoms with Gasteiger partial charge in [0, 0.05) is 6.54 Å². The summed E-state index contributed by atoms with van der Waals surface area (Å²) in [5.74, 6) is 0. The van der Waals surface area contributed by atoms with Crippen molar-refractivity contribution < 1.29 is 27.4 Å². The molecule has 2 saturated heterocycles. The molecule has 0 unspecified atom stereocenters. The van der Waals surface area contributed by atoms with E-state index in [1.807, 2.05) is 0 Å². The summed E-state index contributed by atoms with van der Waals surface area (Å²) in [6, 6.07) is 2.71. The summed E-state index contributed by atoms with van der Waals surface area (Å²) < 4.78 is 43.8. The van der Waals surface area contributed by atoms with Crippen LogP contribution in [0.4, 0.5) is 4.79 Å². The summed E-state index contributed by atoms with van der Waals surface area (Å²) in [7, 11) is -3.60. The van der Waals surface area contributed by atoms with Crippen molar-refractivity contribution in [3.8, 4) is 0 Å². The van der Waals surface area contributed by atoms with Crippen molar-refractivity contribution in [2.75, 3.05) is 19.8 Å². The van der Waals surface area contributed by atoms with Gasteiger partial charge in [-0.1, -0.05) is 6.07 Å². The van der Waals surface area contributed by atoms with Gasteiger partial charge in [0.15, 0.2) is 6.10 Å². The monoisotopic (exact) mass is 362 g/mol. The van der Waals surface area contributed by atoms with Gasteiger partial charge in [-0.25, -0.2) is 17.9 Å². The zero-order valence-electron chi connectivity index (χ0n) is 12.4. The van der Waals surface area contributed by atoms with Crippen molar-refractivity contribution in [3.63, 3.8) is 0 Å². The predicted octanol–water partition coefficient (Wildman–Crippen LogP) is 0.307. The van der Waals surface area contributed by atoms with Crippen LogP contribution in [-0.2, 0) is 24.2 Å². The summed E-state index contributed by atoms with van der Waals surface area (Å²) in [5, 5.41) is 4.24. The standard InChI is InChI=1S/C13H18N2O6S2/c1-2-14-13(16)21-9-7-20-11-8(6-19-12(9)11)15-23(17,18)10-4-3-5-22-10/h3-5,8-9,11-12,15H,2,6-7H2,1H3,(H,14,16)/t8-,9-,11-,12+/m0/s1. The van der Waals surface area contributed by atoms with E-state index in [9.17, 15) is 13.2 Å². The number of ether oxygens (including phenoxy) is 3. The Bertz CT molecular complexity index is 647. The Morgan fingerprint density at radius 3 is 2.87 bits per heavy atom. The topological polar surface area (TPSA) is 103 Å². The lowest BCUT2D eigenvalue weighted by Crippen LogP contribution is -2.44. The van der Waals surface area contributed by atoms with Gasteiger partial charge in [0.2, 0.25) is 10.0 Å². The van der Waals surface area contributed by atoms with E-state index in [1.165, 1.54) is 6.07 Å². The molecule has 0 aromatic carbocycles. The number of hydrogen-bond acceptors (Lipinski definition) is 7. The lowest BCUT2D eigenvalue weighted by atomic mass is 10.1. The molecule has 2 N–H and O–H groups in total. The minimum atomic E-state index is -3.60. The van der Waals surface area contributed by atoms with Gasteiger partial charge in [-0.15, -0.1) is 11.3 Å². The second-order valence-electron chi connectivity index (χ2n) is 5.23. The molecule has 0 saturated carbocycles. The molecule has 0 spiro atoms. The number of alkyl carbamates (subject to hydrolysis) is 1. The Labute approximate surface area is 138 Å². The average Bonchev–Trinajstić information content (AvgIpc) is 3.19. The van der Waals surface area contributed by atoms with Gasteiger partial charge in [-0.05, 0) is 18.4 Å². The smallest absolute Gasteiger partial charge is 0.407 e. The van der Waals surface area contributed by atoms with Crippen molar-refractivity contribution in [3.05, 3.63) is 17.5 Å². The zero-order valence-corrected chi connectivity index (χ0v) is 14.1. The number of hydrogen-bond donors (Lipinski definition) is 2. The highest BCUT2D eigenvalue weighted by Gasteiger charge is 2.50. The molecule has 10 heteroatoms. The number of sulfonamides is 1. The van der Waals surface area contributed by atoms with E-state index in [1.54, 1.807) is 18.4 Å². The first-order valence-corrected chi connectivity index (χ1v) is 9.61. The maximum atomic E-state index is 12.3. The molecule has 0 radical (unpaired) electrons. The van der Waals surface area contributed by atoms with Crippen molar-refractivity contribution >= 4 is 27.5 Å². The number of nitrogens with one attached hydrogen (secondary N) is 2. The Kier molecular flexibility index (Phi) is 4.87. The van der Waals surface area contributed by atoms with E-state index in [4.69, 9.17) is 14.2 Å². The molecule has 3 heterocycles.